The number of carbonyl (C=O) groups excluding carboxylic acids is 1. The van der Waals surface area contributed by atoms with Gasteiger partial charge in [0.15, 0.2) is 4.75 Å². The Morgan fingerprint density at radius 2 is 1.43 bits per heavy atom. The molecule has 0 spiro atoms. The third-order valence-corrected chi connectivity index (χ3v) is 6.22. The van der Waals surface area contributed by atoms with Gasteiger partial charge in [-0.3, -0.25) is 9.35 Å². The first kappa shape index (κ1) is 22.4. The lowest BCUT2D eigenvalue weighted by molar-refractivity contribution is -0.141. The van der Waals surface area contributed by atoms with Gasteiger partial charge in [0, 0.05) is 10.8 Å². The highest BCUT2D eigenvalue weighted by Crippen LogP contribution is 2.33. The van der Waals surface area contributed by atoms with Crippen LogP contribution in [0.15, 0.2) is 0 Å². The summed E-state index contributed by atoms with van der Waals surface area (Å²) in [5.41, 5.74) is 0. The van der Waals surface area contributed by atoms with E-state index in [-0.39, 0.29) is 23.5 Å². The SMILES string of the molecule is CCCCCCCCCCCCC(C=O)(SS(=O)(=O)O)C(=O)O. The molecule has 0 bridgehead atoms. The number of rotatable bonds is 15. The molecule has 0 fully saturated rings. The Morgan fingerprint density at radius 1 is 1.00 bits per heavy atom. The molecular formula is C15H28O6S2. The standard InChI is InChI=1S/C15H28O6S2/c1-2-3-4-5-6-7-8-9-10-11-12-15(13-16,14(17)18)22-23(19,20)21/h13H,2-12H2,1H3,(H,17,18)(H,19,20,21). The highest BCUT2D eigenvalue weighted by molar-refractivity contribution is 8.70. The van der Waals surface area contributed by atoms with Gasteiger partial charge in [-0.25, -0.2) is 0 Å². The minimum atomic E-state index is -4.60. The highest BCUT2D eigenvalue weighted by atomic mass is 33.1. The number of carbonyl (C=O) groups is 2. The van der Waals surface area contributed by atoms with Crippen molar-refractivity contribution in [1.29, 1.82) is 0 Å². The van der Waals surface area contributed by atoms with Crippen molar-refractivity contribution in [2.45, 2.75) is 82.3 Å². The van der Waals surface area contributed by atoms with Crippen molar-refractivity contribution < 1.29 is 27.7 Å². The molecule has 6 nitrogen and oxygen atoms in total. The van der Waals surface area contributed by atoms with E-state index in [9.17, 15) is 18.0 Å². The van der Waals surface area contributed by atoms with Gasteiger partial charge in [-0.05, 0) is 6.42 Å². The fourth-order valence-electron chi connectivity index (χ4n) is 2.38. The fraction of sp³-hybridized carbons (Fsp3) is 0.867. The molecule has 0 aromatic heterocycles. The first-order valence-electron chi connectivity index (χ1n) is 8.15. The second-order valence-electron chi connectivity index (χ2n) is 5.76. The molecule has 0 aliphatic heterocycles. The zero-order valence-electron chi connectivity index (χ0n) is 13.7. The predicted molar refractivity (Wildman–Crippen MR) is 92.0 cm³/mol. The summed E-state index contributed by atoms with van der Waals surface area (Å²) in [5.74, 6) is -1.54. The molecule has 0 aromatic carbocycles. The molecule has 0 aliphatic carbocycles. The normalized spacial score (nSPS) is 14.3. The molecule has 1 atom stereocenters. The summed E-state index contributed by atoms with van der Waals surface area (Å²) >= 11 is 0. The summed E-state index contributed by atoms with van der Waals surface area (Å²) in [6.45, 7) is 2.18. The van der Waals surface area contributed by atoms with Gasteiger partial charge in [-0.15, -0.1) is 0 Å². The Labute approximate surface area is 142 Å². The van der Waals surface area contributed by atoms with Gasteiger partial charge >= 0.3 is 15.1 Å². The van der Waals surface area contributed by atoms with E-state index in [4.69, 9.17) is 9.66 Å². The van der Waals surface area contributed by atoms with Gasteiger partial charge < -0.3 is 9.90 Å². The summed E-state index contributed by atoms with van der Waals surface area (Å²) in [5, 5.41) is 9.10. The van der Waals surface area contributed by atoms with Crippen molar-refractivity contribution in [1.82, 2.24) is 0 Å². The van der Waals surface area contributed by atoms with E-state index >= 15 is 0 Å². The van der Waals surface area contributed by atoms with E-state index in [0.29, 0.717) is 6.42 Å². The van der Waals surface area contributed by atoms with Crippen LogP contribution in [0.25, 0.3) is 0 Å². The van der Waals surface area contributed by atoms with Crippen LogP contribution < -0.4 is 0 Å². The molecule has 0 saturated carbocycles. The zero-order valence-corrected chi connectivity index (χ0v) is 15.3. The number of hydrogen-bond donors (Lipinski definition) is 2. The minimum Gasteiger partial charge on any atom is -0.480 e. The largest absolute Gasteiger partial charge is 0.480 e. The molecule has 0 rings (SSSR count). The van der Waals surface area contributed by atoms with E-state index in [1.807, 2.05) is 0 Å². The molecule has 2 N–H and O–H groups in total. The minimum absolute atomic E-state index is 0.0987. The van der Waals surface area contributed by atoms with Crippen molar-refractivity contribution in [3.8, 4) is 0 Å². The highest BCUT2D eigenvalue weighted by Gasteiger charge is 2.43. The van der Waals surface area contributed by atoms with Gasteiger partial charge in [0.05, 0.1) is 0 Å². The van der Waals surface area contributed by atoms with Gasteiger partial charge in [-0.1, -0.05) is 71.1 Å². The molecular weight excluding hydrogens is 340 g/mol. The maximum absolute atomic E-state index is 11.2. The molecule has 0 saturated heterocycles. The molecule has 0 amide bonds. The van der Waals surface area contributed by atoms with Gasteiger partial charge in [0.2, 0.25) is 0 Å². The van der Waals surface area contributed by atoms with Crippen molar-refractivity contribution in [2.24, 2.45) is 0 Å². The monoisotopic (exact) mass is 368 g/mol. The zero-order chi connectivity index (χ0) is 17.8. The Kier molecular flexibility index (Phi) is 11.6. The number of unbranched alkanes of at least 4 members (excludes halogenated alkanes) is 9. The van der Waals surface area contributed by atoms with Crippen molar-refractivity contribution in [3.05, 3.63) is 0 Å². The number of aldehydes is 1. The van der Waals surface area contributed by atoms with E-state index in [1.54, 1.807) is 0 Å². The second-order valence-corrected chi connectivity index (χ2v) is 9.27. The molecule has 8 heteroatoms. The lowest BCUT2D eigenvalue weighted by Crippen LogP contribution is -2.38. The van der Waals surface area contributed by atoms with Crippen molar-refractivity contribution >= 4 is 32.2 Å². The molecule has 0 heterocycles. The molecule has 23 heavy (non-hydrogen) atoms. The summed E-state index contributed by atoms with van der Waals surface area (Å²) < 4.78 is 28.5. The third-order valence-electron chi connectivity index (χ3n) is 3.71. The maximum atomic E-state index is 11.2. The van der Waals surface area contributed by atoms with E-state index in [1.165, 1.54) is 32.1 Å². The fourth-order valence-corrected chi connectivity index (χ4v) is 4.80. The van der Waals surface area contributed by atoms with Crippen LogP contribution in [-0.2, 0) is 18.7 Å². The first-order chi connectivity index (χ1) is 10.8. The van der Waals surface area contributed by atoms with E-state index < -0.39 is 19.9 Å². The third kappa shape index (κ3) is 10.7. The molecule has 0 aromatic rings. The quantitative estimate of drug-likeness (QED) is 0.148. The lowest BCUT2D eigenvalue weighted by atomic mass is 10.00. The van der Waals surface area contributed by atoms with Crippen molar-refractivity contribution in [3.63, 3.8) is 0 Å². The van der Waals surface area contributed by atoms with Crippen LogP contribution in [0.2, 0.25) is 0 Å². The Bertz CT molecular complexity index is 449. The topological polar surface area (TPSA) is 109 Å². The Hall–Kier alpha value is -0.600. The predicted octanol–water partition coefficient (Wildman–Crippen LogP) is 3.86. The molecule has 1 unspecified atom stereocenters. The van der Waals surface area contributed by atoms with Crippen LogP contribution in [-0.4, -0.2) is 35.1 Å². The van der Waals surface area contributed by atoms with Gasteiger partial charge in [0.25, 0.3) is 0 Å². The number of carboxylic acids is 1. The first-order valence-corrected chi connectivity index (χ1v) is 10.9. The van der Waals surface area contributed by atoms with Crippen LogP contribution in [0.4, 0.5) is 0 Å². The number of carboxylic acid groups (broad SMARTS) is 1. The van der Waals surface area contributed by atoms with Crippen LogP contribution in [0, 0.1) is 0 Å². The Balaban J connectivity index is 4.01. The average molecular weight is 369 g/mol. The summed E-state index contributed by atoms with van der Waals surface area (Å²) in [6, 6.07) is 0. The molecule has 136 valence electrons. The van der Waals surface area contributed by atoms with E-state index in [0.717, 1.165) is 25.7 Å². The van der Waals surface area contributed by atoms with Gasteiger partial charge in [-0.2, -0.15) is 8.42 Å². The second kappa shape index (κ2) is 11.9. The van der Waals surface area contributed by atoms with Crippen LogP contribution in [0.1, 0.15) is 77.6 Å². The van der Waals surface area contributed by atoms with Crippen LogP contribution >= 0.6 is 10.8 Å². The summed E-state index contributed by atoms with van der Waals surface area (Å²) in [4.78, 5) is 22.3. The summed E-state index contributed by atoms with van der Waals surface area (Å²) in [6.07, 6.45) is 10.5. The van der Waals surface area contributed by atoms with Gasteiger partial charge in [0.1, 0.15) is 6.29 Å². The van der Waals surface area contributed by atoms with E-state index in [2.05, 4.69) is 6.92 Å². The molecule has 0 radical (unpaired) electrons. The average Bonchev–Trinajstić information content (AvgIpc) is 2.46. The Morgan fingerprint density at radius 3 is 1.78 bits per heavy atom. The van der Waals surface area contributed by atoms with Crippen molar-refractivity contribution in [2.75, 3.05) is 0 Å². The lowest BCUT2D eigenvalue weighted by Gasteiger charge is -2.20. The van der Waals surface area contributed by atoms with Crippen LogP contribution in [0.3, 0.4) is 0 Å². The molecule has 0 aliphatic rings. The number of hydrogen-bond acceptors (Lipinski definition) is 5. The summed E-state index contributed by atoms with van der Waals surface area (Å²) in [7, 11) is -4.80. The number of aliphatic carboxylic acids is 1. The van der Waals surface area contributed by atoms with Crippen LogP contribution in [0.5, 0.6) is 0 Å². The smallest absolute Gasteiger partial charge is 0.328 e. The maximum Gasteiger partial charge on any atom is 0.328 e.